The van der Waals surface area contributed by atoms with Gasteiger partial charge in [0, 0.05) is 12.1 Å². The molecule has 1 heterocycles. The second kappa shape index (κ2) is 5.40. The molecule has 2 N–H and O–H groups in total. The first-order chi connectivity index (χ1) is 8.11. The molecule has 0 saturated heterocycles. The molecule has 0 atom stereocenters. The average molecular weight is 335 g/mol. The Kier molecular flexibility index (Phi) is 4.09. The van der Waals surface area contributed by atoms with E-state index in [1.807, 2.05) is 13.1 Å². The van der Waals surface area contributed by atoms with Crippen molar-refractivity contribution >= 4 is 39.1 Å². The molecule has 0 radical (unpaired) electrons. The molecule has 17 heavy (non-hydrogen) atoms. The van der Waals surface area contributed by atoms with Crippen molar-refractivity contribution in [1.82, 2.24) is 15.3 Å². The van der Waals surface area contributed by atoms with Crippen LogP contribution in [0, 0.1) is 0 Å². The van der Waals surface area contributed by atoms with Gasteiger partial charge in [-0.25, -0.2) is 4.98 Å². The predicted molar refractivity (Wildman–Crippen MR) is 74.5 cm³/mol. The Bertz CT molecular complexity index is 540. The first kappa shape index (κ1) is 12.9. The standard InChI is InChI=1S/C11H10BrCl2N3/c1-15-5-9-10(12)17-11(16-9)6-2-3-7(13)8(14)4-6/h2-4,15H,5H2,1H3,(H,16,17). The van der Waals surface area contributed by atoms with Gasteiger partial charge in [0.05, 0.1) is 15.7 Å². The van der Waals surface area contributed by atoms with Gasteiger partial charge in [0.2, 0.25) is 0 Å². The molecule has 2 rings (SSSR count). The van der Waals surface area contributed by atoms with Crippen LogP contribution in [-0.2, 0) is 6.54 Å². The molecule has 1 aromatic heterocycles. The summed E-state index contributed by atoms with van der Waals surface area (Å²) in [6.07, 6.45) is 0. The monoisotopic (exact) mass is 333 g/mol. The summed E-state index contributed by atoms with van der Waals surface area (Å²) in [5.74, 6) is 0.765. The summed E-state index contributed by atoms with van der Waals surface area (Å²) in [5.41, 5.74) is 1.90. The van der Waals surface area contributed by atoms with Crippen molar-refractivity contribution in [3.05, 3.63) is 38.5 Å². The number of aromatic nitrogens is 2. The third-order valence-corrected chi connectivity index (χ3v) is 3.67. The summed E-state index contributed by atoms with van der Waals surface area (Å²) in [6, 6.07) is 5.42. The number of imidazole rings is 1. The minimum atomic E-state index is 0.520. The fourth-order valence-corrected chi connectivity index (χ4v) is 2.18. The molecule has 0 amide bonds. The van der Waals surface area contributed by atoms with E-state index < -0.39 is 0 Å². The summed E-state index contributed by atoms with van der Waals surface area (Å²) >= 11 is 15.3. The average Bonchev–Trinajstić information content (AvgIpc) is 2.65. The van der Waals surface area contributed by atoms with Gasteiger partial charge in [-0.1, -0.05) is 23.2 Å². The number of benzene rings is 1. The number of hydrogen-bond acceptors (Lipinski definition) is 2. The summed E-state index contributed by atoms with van der Waals surface area (Å²) < 4.78 is 0.799. The molecule has 0 aliphatic heterocycles. The van der Waals surface area contributed by atoms with Crippen molar-refractivity contribution in [1.29, 1.82) is 0 Å². The van der Waals surface area contributed by atoms with Crippen LogP contribution >= 0.6 is 39.1 Å². The third-order valence-electron chi connectivity index (χ3n) is 2.27. The Morgan fingerprint density at radius 3 is 2.76 bits per heavy atom. The predicted octanol–water partition coefficient (Wildman–Crippen LogP) is 3.87. The maximum absolute atomic E-state index is 5.97. The highest BCUT2D eigenvalue weighted by Crippen LogP contribution is 2.28. The van der Waals surface area contributed by atoms with Crippen LogP contribution in [0.5, 0.6) is 0 Å². The van der Waals surface area contributed by atoms with Crippen molar-refractivity contribution in [2.75, 3.05) is 7.05 Å². The number of nitrogens with zero attached hydrogens (tertiary/aromatic N) is 1. The fraction of sp³-hybridized carbons (Fsp3) is 0.182. The summed E-state index contributed by atoms with van der Waals surface area (Å²) in [7, 11) is 1.88. The molecule has 0 bridgehead atoms. The lowest BCUT2D eigenvalue weighted by Crippen LogP contribution is -2.05. The van der Waals surface area contributed by atoms with Gasteiger partial charge >= 0.3 is 0 Å². The molecule has 6 heteroatoms. The van der Waals surface area contributed by atoms with E-state index in [1.54, 1.807) is 12.1 Å². The second-order valence-electron chi connectivity index (χ2n) is 3.51. The fourth-order valence-electron chi connectivity index (χ4n) is 1.46. The zero-order valence-electron chi connectivity index (χ0n) is 9.02. The maximum Gasteiger partial charge on any atom is 0.138 e. The van der Waals surface area contributed by atoms with Gasteiger partial charge in [-0.2, -0.15) is 0 Å². The van der Waals surface area contributed by atoms with Gasteiger partial charge in [-0.05, 0) is 41.2 Å². The van der Waals surface area contributed by atoms with Gasteiger partial charge in [-0.15, -0.1) is 0 Å². The van der Waals surface area contributed by atoms with Crippen LogP contribution in [0.15, 0.2) is 22.8 Å². The van der Waals surface area contributed by atoms with E-state index in [0.29, 0.717) is 10.0 Å². The normalized spacial score (nSPS) is 10.8. The maximum atomic E-state index is 5.97. The lowest BCUT2D eigenvalue weighted by Gasteiger charge is -1.99. The van der Waals surface area contributed by atoms with Gasteiger partial charge in [0.1, 0.15) is 10.4 Å². The molecule has 3 nitrogen and oxygen atoms in total. The Balaban J connectivity index is 2.39. The first-order valence-corrected chi connectivity index (χ1v) is 6.51. The van der Waals surface area contributed by atoms with Gasteiger partial charge < -0.3 is 10.3 Å². The number of rotatable bonds is 3. The molecule has 2 aromatic rings. The Morgan fingerprint density at radius 1 is 1.35 bits per heavy atom. The molecule has 0 fully saturated rings. The van der Waals surface area contributed by atoms with Crippen LogP contribution in [0.2, 0.25) is 10.0 Å². The largest absolute Gasteiger partial charge is 0.340 e. The number of nitrogens with one attached hydrogen (secondary N) is 2. The lowest BCUT2D eigenvalue weighted by molar-refractivity contribution is 0.793. The molecule has 0 unspecified atom stereocenters. The number of hydrogen-bond donors (Lipinski definition) is 2. The molecular weight excluding hydrogens is 325 g/mol. The van der Waals surface area contributed by atoms with Gasteiger partial charge in [0.25, 0.3) is 0 Å². The van der Waals surface area contributed by atoms with E-state index in [9.17, 15) is 0 Å². The van der Waals surface area contributed by atoms with Crippen LogP contribution in [0.3, 0.4) is 0 Å². The van der Waals surface area contributed by atoms with Crippen molar-refractivity contribution in [2.24, 2.45) is 0 Å². The van der Waals surface area contributed by atoms with Crippen LogP contribution in [0.4, 0.5) is 0 Å². The van der Waals surface area contributed by atoms with E-state index in [4.69, 9.17) is 23.2 Å². The highest BCUT2D eigenvalue weighted by Gasteiger charge is 2.10. The van der Waals surface area contributed by atoms with Crippen LogP contribution in [0.1, 0.15) is 5.69 Å². The summed E-state index contributed by atoms with van der Waals surface area (Å²) in [6.45, 7) is 0.717. The molecule has 90 valence electrons. The minimum Gasteiger partial charge on any atom is -0.340 e. The minimum absolute atomic E-state index is 0.520. The summed E-state index contributed by atoms with van der Waals surface area (Å²) in [5, 5.41) is 4.12. The molecular formula is C11H10BrCl2N3. The van der Waals surface area contributed by atoms with Crippen molar-refractivity contribution in [3.63, 3.8) is 0 Å². The zero-order valence-corrected chi connectivity index (χ0v) is 12.1. The highest BCUT2D eigenvalue weighted by molar-refractivity contribution is 9.10. The lowest BCUT2D eigenvalue weighted by atomic mass is 10.2. The topological polar surface area (TPSA) is 40.7 Å². The molecule has 0 saturated carbocycles. The first-order valence-electron chi connectivity index (χ1n) is 4.96. The van der Waals surface area contributed by atoms with Crippen molar-refractivity contribution < 1.29 is 0 Å². The SMILES string of the molecule is CNCc1[nH]c(-c2ccc(Cl)c(Cl)c2)nc1Br. The van der Waals surface area contributed by atoms with Crippen LogP contribution < -0.4 is 5.32 Å². The van der Waals surface area contributed by atoms with E-state index in [1.165, 1.54) is 0 Å². The van der Waals surface area contributed by atoms with Crippen LogP contribution in [-0.4, -0.2) is 17.0 Å². The van der Waals surface area contributed by atoms with E-state index in [-0.39, 0.29) is 0 Å². The van der Waals surface area contributed by atoms with E-state index in [2.05, 4.69) is 31.2 Å². The second-order valence-corrected chi connectivity index (χ2v) is 5.08. The summed E-state index contributed by atoms with van der Waals surface area (Å²) in [4.78, 5) is 7.61. The number of H-pyrrole nitrogens is 1. The highest BCUT2D eigenvalue weighted by atomic mass is 79.9. The van der Waals surface area contributed by atoms with Crippen LogP contribution in [0.25, 0.3) is 11.4 Å². The number of halogens is 3. The smallest absolute Gasteiger partial charge is 0.138 e. The van der Waals surface area contributed by atoms with E-state index in [0.717, 1.165) is 28.2 Å². The van der Waals surface area contributed by atoms with E-state index >= 15 is 0 Å². The molecule has 0 aliphatic rings. The zero-order chi connectivity index (χ0) is 12.4. The Labute approximate surface area is 118 Å². The molecule has 0 spiro atoms. The molecule has 0 aliphatic carbocycles. The van der Waals surface area contributed by atoms with Crippen molar-refractivity contribution in [2.45, 2.75) is 6.54 Å². The quantitative estimate of drug-likeness (QED) is 0.894. The number of aromatic amines is 1. The van der Waals surface area contributed by atoms with Gasteiger partial charge in [0.15, 0.2) is 0 Å². The third kappa shape index (κ3) is 2.83. The van der Waals surface area contributed by atoms with Gasteiger partial charge in [-0.3, -0.25) is 0 Å². The molecule has 1 aromatic carbocycles. The Hall–Kier alpha value is -0.550. The van der Waals surface area contributed by atoms with Crippen molar-refractivity contribution in [3.8, 4) is 11.4 Å². The Morgan fingerprint density at radius 2 is 2.12 bits per heavy atom.